The van der Waals surface area contributed by atoms with Gasteiger partial charge in [-0.15, -0.1) is 0 Å². The van der Waals surface area contributed by atoms with Gasteiger partial charge in [-0.05, 0) is 43.2 Å². The van der Waals surface area contributed by atoms with Gasteiger partial charge in [0.15, 0.2) is 0 Å². The lowest BCUT2D eigenvalue weighted by Gasteiger charge is -2.22. The molecule has 2 N–H and O–H groups in total. The highest BCUT2D eigenvalue weighted by atomic mass is 19.3. The lowest BCUT2D eigenvalue weighted by Crippen LogP contribution is -2.25. The number of nitrogens with zero attached hydrogens (tertiary/aromatic N) is 4. The highest BCUT2D eigenvalue weighted by molar-refractivity contribution is 5.69. The van der Waals surface area contributed by atoms with Gasteiger partial charge >= 0.3 is 0 Å². The molecule has 3 aromatic rings. The van der Waals surface area contributed by atoms with Gasteiger partial charge in [-0.25, -0.2) is 4.68 Å². The molecule has 2 heterocycles. The Kier molecular flexibility index (Phi) is 5.22. The molecule has 0 radical (unpaired) electrons. The number of pyridine rings is 1. The van der Waals surface area contributed by atoms with Crippen molar-refractivity contribution in [3.05, 3.63) is 59.4 Å². The van der Waals surface area contributed by atoms with E-state index in [1.54, 1.807) is 29.9 Å². The number of aryl methyl sites for hydroxylation is 1. The van der Waals surface area contributed by atoms with Gasteiger partial charge in [-0.1, -0.05) is 6.42 Å². The molecule has 154 valence electrons. The summed E-state index contributed by atoms with van der Waals surface area (Å²) in [5, 5.41) is 13.8. The Bertz CT molecular complexity index is 1100. The van der Waals surface area contributed by atoms with E-state index >= 15 is 0 Å². The first-order valence-electron chi connectivity index (χ1n) is 9.72. The first-order valence-corrected chi connectivity index (χ1v) is 9.72. The number of aromatic nitrogens is 3. The molecule has 0 saturated heterocycles. The summed E-state index contributed by atoms with van der Waals surface area (Å²) < 4.78 is 35.3. The standard InChI is InChI=1S/C22H21F2N5O/c1-29-21(10-19(28-29)15-3-2-4-15)30-20-9-14(11-25)5-7-17(20)18-8-6-16(12-27-18)22(23,24)13-26/h5-10,12,15H,2-4,13,26H2,1H3. The third-order valence-corrected chi connectivity index (χ3v) is 5.42. The van der Waals surface area contributed by atoms with Crippen LogP contribution >= 0.6 is 0 Å². The molecule has 0 bridgehead atoms. The molecule has 0 spiro atoms. The maximum Gasteiger partial charge on any atom is 0.286 e. The number of hydrogen-bond acceptors (Lipinski definition) is 5. The van der Waals surface area contributed by atoms with E-state index in [1.165, 1.54) is 18.6 Å². The van der Waals surface area contributed by atoms with Gasteiger partial charge in [0.1, 0.15) is 5.75 Å². The van der Waals surface area contributed by atoms with E-state index in [0.29, 0.717) is 34.4 Å². The summed E-state index contributed by atoms with van der Waals surface area (Å²) in [4.78, 5) is 4.18. The Morgan fingerprint density at radius 3 is 2.67 bits per heavy atom. The molecule has 8 heteroatoms. The van der Waals surface area contributed by atoms with Gasteiger partial charge in [0.05, 0.1) is 29.6 Å². The van der Waals surface area contributed by atoms with Crippen LogP contribution in [0.25, 0.3) is 11.3 Å². The average Bonchev–Trinajstić information content (AvgIpc) is 3.06. The number of halogens is 2. The van der Waals surface area contributed by atoms with Gasteiger partial charge in [-0.2, -0.15) is 19.1 Å². The molecule has 6 nitrogen and oxygen atoms in total. The third-order valence-electron chi connectivity index (χ3n) is 5.42. The average molecular weight is 409 g/mol. The maximum atomic E-state index is 13.8. The molecule has 1 aromatic carbocycles. The zero-order valence-corrected chi connectivity index (χ0v) is 16.5. The second kappa shape index (κ2) is 7.84. The number of nitriles is 1. The van der Waals surface area contributed by atoms with Crippen LogP contribution in [0.15, 0.2) is 42.6 Å². The second-order valence-electron chi connectivity index (χ2n) is 7.42. The summed E-state index contributed by atoms with van der Waals surface area (Å²) in [5.41, 5.74) is 7.34. The van der Waals surface area contributed by atoms with Crippen molar-refractivity contribution >= 4 is 0 Å². The largest absolute Gasteiger partial charge is 0.439 e. The summed E-state index contributed by atoms with van der Waals surface area (Å²) in [6.45, 7) is -0.789. The summed E-state index contributed by atoms with van der Waals surface area (Å²) in [6.07, 6.45) is 4.56. The van der Waals surface area contributed by atoms with Crippen LogP contribution < -0.4 is 10.5 Å². The number of rotatable bonds is 6. The molecule has 0 atom stereocenters. The second-order valence-corrected chi connectivity index (χ2v) is 7.42. The SMILES string of the molecule is Cn1nc(C2CCC2)cc1Oc1cc(C#N)ccc1-c1ccc(C(F)(F)CN)cn1. The number of ether oxygens (including phenoxy) is 1. The maximum absolute atomic E-state index is 13.8. The van der Waals surface area contributed by atoms with Crippen LogP contribution in [0.5, 0.6) is 11.6 Å². The van der Waals surface area contributed by atoms with Crippen LogP contribution in [-0.4, -0.2) is 21.3 Å². The number of alkyl halides is 2. The lowest BCUT2D eigenvalue weighted by atomic mass is 9.83. The minimum Gasteiger partial charge on any atom is -0.439 e. The third kappa shape index (κ3) is 3.76. The van der Waals surface area contributed by atoms with Crippen molar-refractivity contribution in [2.45, 2.75) is 31.1 Å². The van der Waals surface area contributed by atoms with Gasteiger partial charge in [0, 0.05) is 36.4 Å². The highest BCUT2D eigenvalue weighted by Crippen LogP contribution is 2.39. The summed E-state index contributed by atoms with van der Waals surface area (Å²) >= 11 is 0. The van der Waals surface area contributed by atoms with Gasteiger partial charge in [0.2, 0.25) is 5.88 Å². The topological polar surface area (TPSA) is 89.8 Å². The van der Waals surface area contributed by atoms with E-state index < -0.39 is 12.5 Å². The smallest absolute Gasteiger partial charge is 0.286 e. The van der Waals surface area contributed by atoms with Crippen LogP contribution in [0.1, 0.15) is 42.0 Å². The van der Waals surface area contributed by atoms with E-state index in [9.17, 15) is 14.0 Å². The molecule has 0 amide bonds. The number of nitrogens with two attached hydrogens (primary N) is 1. The Morgan fingerprint density at radius 1 is 1.27 bits per heavy atom. The molecule has 30 heavy (non-hydrogen) atoms. The minimum absolute atomic E-state index is 0.248. The molecular formula is C22H21F2N5O. The van der Waals surface area contributed by atoms with Crippen molar-refractivity contribution < 1.29 is 13.5 Å². The Labute approximate surface area is 172 Å². The van der Waals surface area contributed by atoms with Crippen LogP contribution in [0, 0.1) is 11.3 Å². The van der Waals surface area contributed by atoms with E-state index in [-0.39, 0.29) is 5.56 Å². The summed E-state index contributed by atoms with van der Waals surface area (Å²) in [6, 6.07) is 11.7. The van der Waals surface area contributed by atoms with Crippen molar-refractivity contribution in [1.29, 1.82) is 5.26 Å². The van der Waals surface area contributed by atoms with Crippen molar-refractivity contribution in [3.63, 3.8) is 0 Å². The highest BCUT2D eigenvalue weighted by Gasteiger charge is 2.30. The summed E-state index contributed by atoms with van der Waals surface area (Å²) in [5.74, 6) is -1.73. The minimum atomic E-state index is -3.14. The van der Waals surface area contributed by atoms with Crippen molar-refractivity contribution in [2.75, 3.05) is 6.54 Å². The molecule has 1 saturated carbocycles. The quantitative estimate of drug-likeness (QED) is 0.649. The first kappa shape index (κ1) is 20.0. The monoisotopic (exact) mass is 409 g/mol. The predicted octanol–water partition coefficient (Wildman–Crippen LogP) is 4.46. The molecule has 0 unspecified atom stereocenters. The summed E-state index contributed by atoms with van der Waals surface area (Å²) in [7, 11) is 1.80. The number of benzene rings is 1. The van der Waals surface area contributed by atoms with Crippen LogP contribution in [-0.2, 0) is 13.0 Å². The van der Waals surface area contributed by atoms with Crippen LogP contribution in [0.4, 0.5) is 8.78 Å². The fourth-order valence-electron chi connectivity index (χ4n) is 3.36. The van der Waals surface area contributed by atoms with E-state index in [0.717, 1.165) is 24.7 Å². The normalized spacial score (nSPS) is 14.2. The molecule has 1 fully saturated rings. The molecule has 0 aliphatic heterocycles. The van der Waals surface area contributed by atoms with Crippen molar-refractivity contribution in [2.24, 2.45) is 12.8 Å². The van der Waals surface area contributed by atoms with Crippen LogP contribution in [0.3, 0.4) is 0 Å². The first-order chi connectivity index (χ1) is 14.4. The molecule has 1 aliphatic carbocycles. The van der Waals surface area contributed by atoms with Gasteiger partial charge < -0.3 is 10.5 Å². The van der Waals surface area contributed by atoms with E-state index in [1.807, 2.05) is 6.07 Å². The zero-order valence-electron chi connectivity index (χ0n) is 16.5. The Hall–Kier alpha value is -3.31. The van der Waals surface area contributed by atoms with Crippen LogP contribution in [0.2, 0.25) is 0 Å². The van der Waals surface area contributed by atoms with Gasteiger partial charge in [0.25, 0.3) is 5.92 Å². The predicted molar refractivity (Wildman–Crippen MR) is 107 cm³/mol. The lowest BCUT2D eigenvalue weighted by molar-refractivity contribution is 0.00563. The zero-order chi connectivity index (χ0) is 21.3. The van der Waals surface area contributed by atoms with Crippen molar-refractivity contribution in [3.8, 4) is 29.0 Å². The van der Waals surface area contributed by atoms with E-state index in [4.69, 9.17) is 10.5 Å². The van der Waals surface area contributed by atoms with E-state index in [2.05, 4.69) is 16.2 Å². The molecular weight excluding hydrogens is 388 g/mol. The number of hydrogen-bond donors (Lipinski definition) is 1. The molecule has 1 aliphatic rings. The Balaban J connectivity index is 1.68. The Morgan fingerprint density at radius 2 is 2.07 bits per heavy atom. The molecule has 2 aromatic heterocycles. The fraction of sp³-hybridized carbons (Fsp3) is 0.318. The fourth-order valence-corrected chi connectivity index (χ4v) is 3.36. The van der Waals surface area contributed by atoms with Crippen molar-refractivity contribution in [1.82, 2.24) is 14.8 Å². The van der Waals surface area contributed by atoms with Gasteiger partial charge in [-0.3, -0.25) is 4.98 Å². The molecule has 4 rings (SSSR count).